The number of aliphatic carboxylic acids is 1. The van der Waals surface area contributed by atoms with E-state index in [0.717, 1.165) is 19.3 Å². The van der Waals surface area contributed by atoms with Crippen LogP contribution in [0, 0.1) is 17.8 Å². The Morgan fingerprint density at radius 1 is 1.37 bits per heavy atom. The van der Waals surface area contributed by atoms with Gasteiger partial charge in [-0.3, -0.25) is 9.59 Å². The summed E-state index contributed by atoms with van der Waals surface area (Å²) in [4.78, 5) is 24.4. The van der Waals surface area contributed by atoms with Gasteiger partial charge in [-0.25, -0.2) is 0 Å². The topological polar surface area (TPSA) is 77.8 Å². The van der Waals surface area contributed by atoms with Crippen LogP contribution in [0.2, 0.25) is 0 Å². The zero-order valence-corrected chi connectivity index (χ0v) is 16.6. The zero-order valence-electron chi connectivity index (χ0n) is 16.6. The second-order valence-electron chi connectivity index (χ2n) is 7.07. The van der Waals surface area contributed by atoms with Gasteiger partial charge in [-0.2, -0.15) is 0 Å². The SMILES string of the molecule is CCCC#CC[C@H](C)[C@H](O)C=C[C@H]1CCC(=O)N1CC=CCCCC(=O)O. The number of hydrogen-bond acceptors (Lipinski definition) is 3. The minimum atomic E-state index is -0.785. The lowest BCUT2D eigenvalue weighted by Gasteiger charge is -2.21. The van der Waals surface area contributed by atoms with Crippen LogP contribution in [0.4, 0.5) is 0 Å². The van der Waals surface area contributed by atoms with Crippen LogP contribution < -0.4 is 0 Å². The van der Waals surface area contributed by atoms with Crippen molar-refractivity contribution in [2.24, 2.45) is 5.92 Å². The fourth-order valence-corrected chi connectivity index (χ4v) is 2.87. The molecule has 0 aliphatic carbocycles. The van der Waals surface area contributed by atoms with E-state index in [9.17, 15) is 14.7 Å². The summed E-state index contributed by atoms with van der Waals surface area (Å²) in [6.07, 6.45) is 12.4. The number of likely N-dealkylation sites (tertiary alicyclic amines) is 1. The van der Waals surface area contributed by atoms with Gasteiger partial charge in [0, 0.05) is 32.2 Å². The number of carbonyl (C=O) groups is 2. The van der Waals surface area contributed by atoms with E-state index >= 15 is 0 Å². The highest BCUT2D eigenvalue weighted by Crippen LogP contribution is 2.20. The van der Waals surface area contributed by atoms with E-state index in [4.69, 9.17) is 5.11 Å². The van der Waals surface area contributed by atoms with Gasteiger partial charge in [0.15, 0.2) is 0 Å². The first-order chi connectivity index (χ1) is 13.0. The molecule has 3 atom stereocenters. The molecule has 1 saturated heterocycles. The molecule has 1 fully saturated rings. The number of allylic oxidation sites excluding steroid dienone is 1. The average Bonchev–Trinajstić information content (AvgIpc) is 2.99. The number of aliphatic hydroxyl groups is 1. The third kappa shape index (κ3) is 9.44. The number of unbranched alkanes of at least 4 members (excludes halogenated alkanes) is 2. The van der Waals surface area contributed by atoms with E-state index in [2.05, 4.69) is 18.8 Å². The molecule has 27 heavy (non-hydrogen) atoms. The molecule has 0 unspecified atom stereocenters. The molecule has 0 aromatic heterocycles. The maximum absolute atomic E-state index is 12.1. The Labute approximate surface area is 163 Å². The molecule has 0 spiro atoms. The lowest BCUT2D eigenvalue weighted by atomic mass is 10.00. The largest absolute Gasteiger partial charge is 0.481 e. The van der Waals surface area contributed by atoms with E-state index < -0.39 is 12.1 Å². The van der Waals surface area contributed by atoms with E-state index in [1.165, 1.54) is 0 Å². The molecule has 0 radical (unpaired) electrons. The Hall–Kier alpha value is -2.06. The van der Waals surface area contributed by atoms with Crippen molar-refractivity contribution in [2.75, 3.05) is 6.54 Å². The van der Waals surface area contributed by atoms with Gasteiger partial charge in [0.25, 0.3) is 0 Å². The quantitative estimate of drug-likeness (QED) is 0.329. The second-order valence-corrected chi connectivity index (χ2v) is 7.07. The normalized spacial score (nSPS) is 19.4. The van der Waals surface area contributed by atoms with Gasteiger partial charge in [-0.1, -0.05) is 38.2 Å². The third-order valence-electron chi connectivity index (χ3n) is 4.64. The number of carbonyl (C=O) groups excluding carboxylic acids is 1. The third-order valence-corrected chi connectivity index (χ3v) is 4.64. The summed E-state index contributed by atoms with van der Waals surface area (Å²) < 4.78 is 0. The molecule has 5 heteroatoms. The number of nitrogens with zero attached hydrogens (tertiary/aromatic N) is 1. The van der Waals surface area contributed by atoms with Crippen molar-refractivity contribution >= 4 is 11.9 Å². The summed E-state index contributed by atoms with van der Waals surface area (Å²) >= 11 is 0. The minimum Gasteiger partial charge on any atom is -0.481 e. The standard InChI is InChI=1S/C22H33NO4/c1-3-4-5-8-11-18(2)20(24)15-13-19-14-16-21(25)23(19)17-10-7-6-9-12-22(26)27/h7,10,13,15,18-20,24H,3-4,6,9,11-12,14,16-17H2,1-2H3,(H,26,27)/t18-,19-,20+/m0/s1. The average molecular weight is 376 g/mol. The summed E-state index contributed by atoms with van der Waals surface area (Å²) in [6.45, 7) is 4.59. The lowest BCUT2D eigenvalue weighted by molar-refractivity contribution is -0.137. The number of carboxylic acid groups (broad SMARTS) is 1. The molecule has 150 valence electrons. The Bertz CT molecular complexity index is 585. The molecule has 1 aliphatic rings. The van der Waals surface area contributed by atoms with Gasteiger partial charge in [-0.05, 0) is 31.6 Å². The van der Waals surface area contributed by atoms with Gasteiger partial charge in [-0.15, -0.1) is 11.8 Å². The van der Waals surface area contributed by atoms with Crippen LogP contribution in [-0.4, -0.2) is 45.7 Å². The Morgan fingerprint density at radius 3 is 2.85 bits per heavy atom. The molecular weight excluding hydrogens is 342 g/mol. The number of rotatable bonds is 11. The summed E-state index contributed by atoms with van der Waals surface area (Å²) in [5.74, 6) is 5.60. The Kier molecular flexibility index (Phi) is 11.2. The van der Waals surface area contributed by atoms with E-state index in [0.29, 0.717) is 32.2 Å². The number of amides is 1. The first-order valence-corrected chi connectivity index (χ1v) is 9.94. The smallest absolute Gasteiger partial charge is 0.303 e. The molecule has 0 aromatic carbocycles. The van der Waals surface area contributed by atoms with Crippen molar-refractivity contribution in [2.45, 2.75) is 77.4 Å². The highest BCUT2D eigenvalue weighted by atomic mass is 16.4. The van der Waals surface area contributed by atoms with Gasteiger partial charge in [0.2, 0.25) is 5.91 Å². The van der Waals surface area contributed by atoms with Crippen LogP contribution in [0.5, 0.6) is 0 Å². The fraction of sp³-hybridized carbons (Fsp3) is 0.636. The van der Waals surface area contributed by atoms with Crippen molar-refractivity contribution < 1.29 is 19.8 Å². The molecule has 1 aliphatic heterocycles. The van der Waals surface area contributed by atoms with Crippen LogP contribution >= 0.6 is 0 Å². The van der Waals surface area contributed by atoms with Crippen LogP contribution in [0.25, 0.3) is 0 Å². The molecule has 5 nitrogen and oxygen atoms in total. The van der Waals surface area contributed by atoms with Crippen LogP contribution in [-0.2, 0) is 9.59 Å². The Morgan fingerprint density at radius 2 is 2.15 bits per heavy atom. The van der Waals surface area contributed by atoms with Gasteiger partial charge in [0.05, 0.1) is 12.1 Å². The van der Waals surface area contributed by atoms with Crippen molar-refractivity contribution in [3.05, 3.63) is 24.3 Å². The zero-order chi connectivity index (χ0) is 20.1. The molecule has 0 saturated carbocycles. The Balaban J connectivity index is 2.46. The van der Waals surface area contributed by atoms with Crippen molar-refractivity contribution in [1.82, 2.24) is 4.90 Å². The first kappa shape index (κ1) is 23.0. The summed E-state index contributed by atoms with van der Waals surface area (Å²) in [6, 6.07) is 0.00851. The molecule has 2 N–H and O–H groups in total. The first-order valence-electron chi connectivity index (χ1n) is 9.94. The fourth-order valence-electron chi connectivity index (χ4n) is 2.87. The maximum Gasteiger partial charge on any atom is 0.303 e. The molecule has 0 aromatic rings. The monoisotopic (exact) mass is 375 g/mol. The molecule has 0 bridgehead atoms. The van der Waals surface area contributed by atoms with Crippen molar-refractivity contribution in [3.8, 4) is 11.8 Å². The maximum atomic E-state index is 12.1. The molecular formula is C22H33NO4. The molecule has 1 rings (SSSR count). The van der Waals surface area contributed by atoms with Gasteiger partial charge in [0.1, 0.15) is 0 Å². The summed E-state index contributed by atoms with van der Waals surface area (Å²) in [5, 5.41) is 18.9. The highest BCUT2D eigenvalue weighted by Gasteiger charge is 2.28. The molecule has 1 amide bonds. The van der Waals surface area contributed by atoms with Crippen LogP contribution in [0.1, 0.15) is 65.2 Å². The van der Waals surface area contributed by atoms with E-state index in [-0.39, 0.29) is 24.3 Å². The number of hydrogen-bond donors (Lipinski definition) is 2. The van der Waals surface area contributed by atoms with E-state index in [1.54, 1.807) is 6.08 Å². The summed E-state index contributed by atoms with van der Waals surface area (Å²) in [7, 11) is 0. The second kappa shape index (κ2) is 13.2. The summed E-state index contributed by atoms with van der Waals surface area (Å²) in [5.41, 5.74) is 0. The van der Waals surface area contributed by atoms with Crippen LogP contribution in [0.3, 0.4) is 0 Å². The lowest BCUT2D eigenvalue weighted by Crippen LogP contribution is -2.32. The molecule has 1 heterocycles. The predicted molar refractivity (Wildman–Crippen MR) is 107 cm³/mol. The van der Waals surface area contributed by atoms with Crippen molar-refractivity contribution in [1.29, 1.82) is 0 Å². The van der Waals surface area contributed by atoms with E-state index in [1.807, 2.05) is 30.1 Å². The van der Waals surface area contributed by atoms with Crippen LogP contribution in [0.15, 0.2) is 24.3 Å². The number of aliphatic hydroxyl groups excluding tert-OH is 1. The van der Waals surface area contributed by atoms with Gasteiger partial charge >= 0.3 is 5.97 Å². The van der Waals surface area contributed by atoms with Gasteiger partial charge < -0.3 is 15.1 Å². The number of carboxylic acids is 1. The van der Waals surface area contributed by atoms with Crippen molar-refractivity contribution in [3.63, 3.8) is 0 Å². The predicted octanol–water partition coefficient (Wildman–Crippen LogP) is 3.54. The highest BCUT2D eigenvalue weighted by molar-refractivity contribution is 5.79. The minimum absolute atomic E-state index is 0.00851.